The van der Waals surface area contributed by atoms with Crippen molar-refractivity contribution in [1.29, 1.82) is 0 Å². The zero-order valence-electron chi connectivity index (χ0n) is 17.0. The number of benzene rings is 2. The fourth-order valence-corrected chi connectivity index (χ4v) is 6.50. The summed E-state index contributed by atoms with van der Waals surface area (Å²) < 4.78 is 0.742. The molecule has 160 valence electrons. The van der Waals surface area contributed by atoms with Crippen LogP contribution in [0, 0.1) is 30.6 Å². The predicted molar refractivity (Wildman–Crippen MR) is 122 cm³/mol. The minimum atomic E-state index is -0.393. The molecule has 31 heavy (non-hydrogen) atoms. The molecule has 0 unspecified atom stereocenters. The molecule has 5 atom stereocenters. The van der Waals surface area contributed by atoms with Gasteiger partial charge >= 0.3 is 0 Å². The smallest absolute Gasteiger partial charge is 0.244 e. The lowest BCUT2D eigenvalue weighted by molar-refractivity contribution is -0.143. The van der Waals surface area contributed by atoms with Gasteiger partial charge in [-0.25, -0.2) is 0 Å². The van der Waals surface area contributed by atoms with E-state index in [1.165, 1.54) is 10.5 Å². The van der Waals surface area contributed by atoms with Crippen molar-refractivity contribution < 1.29 is 14.4 Å². The van der Waals surface area contributed by atoms with Crippen LogP contribution in [0.1, 0.15) is 29.9 Å². The van der Waals surface area contributed by atoms with Crippen LogP contribution in [0.3, 0.4) is 0 Å². The normalized spacial score (nSPS) is 28.9. The van der Waals surface area contributed by atoms with E-state index in [1.54, 1.807) is 6.07 Å². The second kappa shape index (κ2) is 7.75. The number of rotatable bonds is 4. The molecule has 5 rings (SSSR count). The highest BCUT2D eigenvalue weighted by Crippen LogP contribution is 2.61. The van der Waals surface area contributed by atoms with Crippen molar-refractivity contribution in [1.82, 2.24) is 4.90 Å². The molecule has 1 heterocycles. The molecule has 2 aromatic rings. The molecule has 1 saturated heterocycles. The summed E-state index contributed by atoms with van der Waals surface area (Å²) in [5.74, 6) is -0.631. The van der Waals surface area contributed by atoms with Crippen LogP contribution in [-0.2, 0) is 14.4 Å². The van der Waals surface area contributed by atoms with Gasteiger partial charge in [0.25, 0.3) is 0 Å². The Hall–Kier alpha value is -2.18. The lowest BCUT2D eigenvalue weighted by atomic mass is 9.73. The number of carbonyl (C=O) groups excluding carboxylic acids is 3. The molecule has 1 aliphatic heterocycles. The number of carbonyl (C=O) groups is 3. The standard InChI is InChI=1S/C24H22BrClN2O3/c1-12-7-17(25)18(26)10-19(12)27-20(29)11-28-23(30)21-14-8-15(13-5-3-2-4-6-13)16(9-14)22(21)24(28)31/h2-7,10,14-16,21-22H,8-9,11H2,1H3,(H,27,29)/t14-,15+,16-,21+,22-/m1/s1. The number of halogens is 2. The summed E-state index contributed by atoms with van der Waals surface area (Å²) in [5.41, 5.74) is 2.65. The van der Waals surface area contributed by atoms with E-state index >= 15 is 0 Å². The maximum Gasteiger partial charge on any atom is 0.244 e. The Labute approximate surface area is 194 Å². The molecule has 3 aliphatic rings. The number of imide groups is 1. The van der Waals surface area contributed by atoms with Gasteiger partial charge in [0.05, 0.1) is 16.9 Å². The summed E-state index contributed by atoms with van der Waals surface area (Å²) in [4.78, 5) is 40.2. The number of likely N-dealkylation sites (tertiary alicyclic amines) is 1. The molecule has 5 nitrogen and oxygen atoms in total. The topological polar surface area (TPSA) is 66.5 Å². The minimum Gasteiger partial charge on any atom is -0.324 e. The van der Waals surface area contributed by atoms with Gasteiger partial charge in [0, 0.05) is 10.2 Å². The van der Waals surface area contributed by atoms with Crippen LogP contribution in [0.15, 0.2) is 46.9 Å². The third-order valence-corrected chi connectivity index (χ3v) is 8.37. The molecule has 3 amide bonds. The van der Waals surface area contributed by atoms with Gasteiger partial charge in [0.2, 0.25) is 17.7 Å². The van der Waals surface area contributed by atoms with E-state index in [-0.39, 0.29) is 42.0 Å². The molecule has 3 fully saturated rings. The number of fused-ring (bicyclic) bond motifs is 5. The van der Waals surface area contributed by atoms with E-state index in [2.05, 4.69) is 33.4 Å². The molecular formula is C24H22BrClN2O3. The number of anilines is 1. The summed E-state index contributed by atoms with van der Waals surface area (Å²) in [6.45, 7) is 1.60. The summed E-state index contributed by atoms with van der Waals surface area (Å²) in [5, 5.41) is 3.27. The molecular weight excluding hydrogens is 480 g/mol. The van der Waals surface area contributed by atoms with Crippen molar-refractivity contribution >= 4 is 50.9 Å². The zero-order chi connectivity index (χ0) is 21.9. The maximum absolute atomic E-state index is 13.2. The van der Waals surface area contributed by atoms with Crippen molar-refractivity contribution in [3.8, 4) is 0 Å². The zero-order valence-corrected chi connectivity index (χ0v) is 19.3. The lowest BCUT2D eigenvalue weighted by Gasteiger charge is -2.28. The summed E-state index contributed by atoms with van der Waals surface area (Å²) in [7, 11) is 0. The molecule has 2 bridgehead atoms. The molecule has 2 aromatic carbocycles. The summed E-state index contributed by atoms with van der Waals surface area (Å²) in [6.07, 6.45) is 1.86. The van der Waals surface area contributed by atoms with Crippen molar-refractivity contribution in [2.75, 3.05) is 11.9 Å². The lowest BCUT2D eigenvalue weighted by Crippen LogP contribution is -2.39. The highest BCUT2D eigenvalue weighted by Gasteiger charge is 2.63. The van der Waals surface area contributed by atoms with Gasteiger partial charge < -0.3 is 5.32 Å². The van der Waals surface area contributed by atoms with E-state index < -0.39 is 5.91 Å². The van der Waals surface area contributed by atoms with Crippen LogP contribution in [0.25, 0.3) is 0 Å². The fourth-order valence-electron chi connectivity index (χ4n) is 5.87. The van der Waals surface area contributed by atoms with Gasteiger partial charge in [-0.2, -0.15) is 0 Å². The van der Waals surface area contributed by atoms with E-state index in [1.807, 2.05) is 31.2 Å². The highest BCUT2D eigenvalue weighted by molar-refractivity contribution is 9.10. The Morgan fingerprint density at radius 1 is 1.13 bits per heavy atom. The second-order valence-corrected chi connectivity index (χ2v) is 10.1. The average molecular weight is 502 g/mol. The van der Waals surface area contributed by atoms with Gasteiger partial charge in [-0.1, -0.05) is 41.9 Å². The van der Waals surface area contributed by atoms with Gasteiger partial charge in [-0.05, 0) is 76.7 Å². The maximum atomic E-state index is 13.2. The number of nitrogens with one attached hydrogen (secondary N) is 1. The SMILES string of the molecule is Cc1cc(Br)c(Cl)cc1NC(=O)CN1C(=O)[C@@H]2[C@@H]3C[C@@H](C[C@H]3c3ccccc3)[C@@H]2C1=O. The Bertz CT molecular complexity index is 1090. The van der Waals surface area contributed by atoms with Crippen LogP contribution >= 0.6 is 27.5 Å². The number of aryl methyl sites for hydroxylation is 1. The largest absolute Gasteiger partial charge is 0.324 e. The first-order valence-corrected chi connectivity index (χ1v) is 11.7. The predicted octanol–water partition coefficient (Wildman–Crippen LogP) is 4.77. The van der Waals surface area contributed by atoms with Crippen LogP contribution in [0.4, 0.5) is 5.69 Å². The summed E-state index contributed by atoms with van der Waals surface area (Å²) >= 11 is 9.49. The highest BCUT2D eigenvalue weighted by atomic mass is 79.9. The van der Waals surface area contributed by atoms with E-state index in [4.69, 9.17) is 11.6 Å². The molecule has 2 saturated carbocycles. The number of hydrogen-bond acceptors (Lipinski definition) is 3. The van der Waals surface area contributed by atoms with Crippen molar-refractivity contribution in [3.05, 3.63) is 63.1 Å². The number of hydrogen-bond donors (Lipinski definition) is 1. The first-order valence-electron chi connectivity index (χ1n) is 10.5. The van der Waals surface area contributed by atoms with Crippen molar-refractivity contribution in [3.63, 3.8) is 0 Å². The minimum absolute atomic E-state index is 0.175. The third kappa shape index (κ3) is 3.40. The van der Waals surface area contributed by atoms with E-state index in [0.717, 1.165) is 22.9 Å². The number of amides is 3. The third-order valence-electron chi connectivity index (χ3n) is 7.18. The van der Waals surface area contributed by atoms with Crippen LogP contribution in [-0.4, -0.2) is 29.2 Å². The Morgan fingerprint density at radius 2 is 1.84 bits per heavy atom. The first-order chi connectivity index (χ1) is 14.8. The molecule has 1 N–H and O–H groups in total. The van der Waals surface area contributed by atoms with Crippen LogP contribution in [0.5, 0.6) is 0 Å². The van der Waals surface area contributed by atoms with Crippen molar-refractivity contribution in [2.45, 2.75) is 25.7 Å². The van der Waals surface area contributed by atoms with Crippen LogP contribution < -0.4 is 5.32 Å². The van der Waals surface area contributed by atoms with E-state index in [0.29, 0.717) is 16.6 Å². The average Bonchev–Trinajstić information content (AvgIpc) is 3.40. The van der Waals surface area contributed by atoms with Crippen molar-refractivity contribution in [2.24, 2.45) is 23.7 Å². The monoisotopic (exact) mass is 500 g/mol. The molecule has 0 aromatic heterocycles. The Kier molecular flexibility index (Phi) is 5.18. The van der Waals surface area contributed by atoms with Gasteiger partial charge in [0.1, 0.15) is 6.54 Å². The molecule has 0 radical (unpaired) electrons. The number of nitrogens with zero attached hydrogens (tertiary/aromatic N) is 1. The van der Waals surface area contributed by atoms with E-state index in [9.17, 15) is 14.4 Å². The molecule has 0 spiro atoms. The second-order valence-electron chi connectivity index (χ2n) is 8.86. The summed E-state index contributed by atoms with van der Waals surface area (Å²) in [6, 6.07) is 13.7. The quantitative estimate of drug-likeness (QED) is 0.614. The Morgan fingerprint density at radius 3 is 2.58 bits per heavy atom. The first kappa shape index (κ1) is 20.7. The fraction of sp³-hybridized carbons (Fsp3) is 0.375. The Balaban J connectivity index is 1.32. The van der Waals surface area contributed by atoms with Gasteiger partial charge in [-0.3, -0.25) is 19.3 Å². The molecule has 7 heteroatoms. The van der Waals surface area contributed by atoms with Gasteiger partial charge in [-0.15, -0.1) is 0 Å². The molecule has 2 aliphatic carbocycles. The van der Waals surface area contributed by atoms with Gasteiger partial charge in [0.15, 0.2) is 0 Å². The van der Waals surface area contributed by atoms with Crippen LogP contribution in [0.2, 0.25) is 5.02 Å².